The van der Waals surface area contributed by atoms with Gasteiger partial charge in [0, 0.05) is 11.4 Å². The smallest absolute Gasteiger partial charge is 0.394 e. The highest BCUT2D eigenvalue weighted by molar-refractivity contribution is 6.36. The average Bonchev–Trinajstić information content (AvgIpc) is 2.53. The Morgan fingerprint density at radius 3 is 2.17 bits per heavy atom. The largest absolute Gasteiger partial charge is 0.474 e. The number of rotatable bonds is 5. The topological polar surface area (TPSA) is 131 Å². The van der Waals surface area contributed by atoms with Crippen LogP contribution in [0, 0.1) is 0 Å². The van der Waals surface area contributed by atoms with Crippen molar-refractivity contribution in [3.63, 3.8) is 0 Å². The van der Waals surface area contributed by atoms with E-state index in [1.165, 1.54) is 24.3 Å². The summed E-state index contributed by atoms with van der Waals surface area (Å²) in [6.45, 7) is 0. The van der Waals surface area contributed by atoms with E-state index in [4.69, 9.17) is 5.11 Å². The van der Waals surface area contributed by atoms with Crippen LogP contribution in [0.25, 0.3) is 0 Å². The molecule has 1 aromatic rings. The van der Waals surface area contributed by atoms with Gasteiger partial charge in [-0.15, -0.1) is 0 Å². The number of carbonyl (C=O) groups is 4. The SMILES string of the molecule is COC(=O)/C=C(/Nc1cccc(NC(=O)C(=O)O)c1)C(=O)OC. The molecule has 23 heavy (non-hydrogen) atoms. The van der Waals surface area contributed by atoms with Gasteiger partial charge in [0.2, 0.25) is 0 Å². The van der Waals surface area contributed by atoms with E-state index in [9.17, 15) is 19.2 Å². The highest BCUT2D eigenvalue weighted by Gasteiger charge is 2.14. The lowest BCUT2D eigenvalue weighted by Gasteiger charge is -2.10. The normalized spacial score (nSPS) is 10.4. The monoisotopic (exact) mass is 322 g/mol. The number of anilines is 2. The van der Waals surface area contributed by atoms with Gasteiger partial charge in [0.1, 0.15) is 5.70 Å². The summed E-state index contributed by atoms with van der Waals surface area (Å²) in [5.41, 5.74) is 0.305. The number of benzene rings is 1. The average molecular weight is 322 g/mol. The highest BCUT2D eigenvalue weighted by Crippen LogP contribution is 2.17. The highest BCUT2D eigenvalue weighted by atomic mass is 16.5. The molecule has 0 aliphatic carbocycles. The van der Waals surface area contributed by atoms with Gasteiger partial charge in [-0.25, -0.2) is 14.4 Å². The zero-order valence-electron chi connectivity index (χ0n) is 12.3. The number of aliphatic carboxylic acids is 1. The third-order valence-electron chi connectivity index (χ3n) is 2.46. The third kappa shape index (κ3) is 5.50. The summed E-state index contributed by atoms with van der Waals surface area (Å²) in [6.07, 6.45) is 0.897. The van der Waals surface area contributed by atoms with Gasteiger partial charge in [0.05, 0.1) is 20.3 Å². The Bertz CT molecular complexity index is 667. The lowest BCUT2D eigenvalue weighted by molar-refractivity contribution is -0.147. The summed E-state index contributed by atoms with van der Waals surface area (Å²) >= 11 is 0. The van der Waals surface area contributed by atoms with Crippen molar-refractivity contribution in [1.82, 2.24) is 0 Å². The first-order valence-electron chi connectivity index (χ1n) is 6.16. The fourth-order valence-corrected chi connectivity index (χ4v) is 1.45. The number of carbonyl (C=O) groups excluding carboxylic acids is 3. The second kappa shape index (κ2) is 8.17. The third-order valence-corrected chi connectivity index (χ3v) is 2.46. The minimum absolute atomic E-state index is 0.185. The summed E-state index contributed by atoms with van der Waals surface area (Å²) in [7, 11) is 2.29. The molecular formula is C14H14N2O7. The Morgan fingerprint density at radius 1 is 1.04 bits per heavy atom. The Balaban J connectivity index is 2.99. The zero-order valence-corrected chi connectivity index (χ0v) is 12.3. The molecule has 0 aromatic heterocycles. The van der Waals surface area contributed by atoms with E-state index in [2.05, 4.69) is 20.1 Å². The number of amides is 1. The Hall–Kier alpha value is -3.36. The maximum absolute atomic E-state index is 11.6. The lowest BCUT2D eigenvalue weighted by atomic mass is 10.2. The molecule has 9 heteroatoms. The van der Waals surface area contributed by atoms with Gasteiger partial charge in [0.15, 0.2) is 0 Å². The molecule has 0 bridgehead atoms. The van der Waals surface area contributed by atoms with Crippen LogP contribution in [0.4, 0.5) is 11.4 Å². The van der Waals surface area contributed by atoms with Crippen molar-refractivity contribution in [3.05, 3.63) is 36.0 Å². The number of carboxylic acid groups (broad SMARTS) is 1. The fraction of sp³-hybridized carbons (Fsp3) is 0.143. The summed E-state index contributed by atoms with van der Waals surface area (Å²) in [6, 6.07) is 5.86. The molecule has 0 saturated heterocycles. The molecule has 0 spiro atoms. The first-order valence-corrected chi connectivity index (χ1v) is 6.16. The molecule has 0 unspecified atom stereocenters. The molecule has 0 fully saturated rings. The van der Waals surface area contributed by atoms with E-state index in [1.807, 2.05) is 0 Å². The van der Waals surface area contributed by atoms with Crippen molar-refractivity contribution in [2.75, 3.05) is 24.9 Å². The van der Waals surface area contributed by atoms with Crippen LogP contribution in [-0.4, -0.2) is 43.1 Å². The number of esters is 2. The van der Waals surface area contributed by atoms with E-state index in [-0.39, 0.29) is 11.4 Å². The maximum atomic E-state index is 11.6. The summed E-state index contributed by atoms with van der Waals surface area (Å²) in [4.78, 5) is 44.5. The molecule has 1 rings (SSSR count). The van der Waals surface area contributed by atoms with Crippen molar-refractivity contribution in [3.8, 4) is 0 Å². The van der Waals surface area contributed by atoms with E-state index in [0.29, 0.717) is 5.69 Å². The van der Waals surface area contributed by atoms with Crippen LogP contribution in [0.3, 0.4) is 0 Å². The van der Waals surface area contributed by atoms with Crippen LogP contribution in [-0.2, 0) is 28.7 Å². The van der Waals surface area contributed by atoms with Gasteiger partial charge in [-0.2, -0.15) is 0 Å². The molecule has 0 aliphatic rings. The van der Waals surface area contributed by atoms with Crippen LogP contribution in [0.15, 0.2) is 36.0 Å². The minimum atomic E-state index is -1.64. The van der Waals surface area contributed by atoms with Crippen molar-refractivity contribution in [2.45, 2.75) is 0 Å². The van der Waals surface area contributed by atoms with Gasteiger partial charge in [-0.05, 0) is 18.2 Å². The molecule has 1 amide bonds. The van der Waals surface area contributed by atoms with Crippen molar-refractivity contribution >= 4 is 35.2 Å². The predicted molar refractivity (Wildman–Crippen MR) is 78.4 cm³/mol. The second-order valence-corrected chi connectivity index (χ2v) is 4.04. The molecule has 0 radical (unpaired) electrons. The van der Waals surface area contributed by atoms with Crippen LogP contribution in [0.2, 0.25) is 0 Å². The van der Waals surface area contributed by atoms with Crippen molar-refractivity contribution < 1.29 is 33.8 Å². The number of hydrogen-bond acceptors (Lipinski definition) is 7. The second-order valence-electron chi connectivity index (χ2n) is 4.04. The zero-order chi connectivity index (χ0) is 17.4. The van der Waals surface area contributed by atoms with Crippen LogP contribution in [0.1, 0.15) is 0 Å². The number of hydrogen-bond donors (Lipinski definition) is 3. The van der Waals surface area contributed by atoms with Gasteiger partial charge in [-0.3, -0.25) is 4.79 Å². The Kier molecular flexibility index (Phi) is 6.29. The van der Waals surface area contributed by atoms with E-state index >= 15 is 0 Å². The van der Waals surface area contributed by atoms with Gasteiger partial charge >= 0.3 is 23.8 Å². The number of methoxy groups -OCH3 is 2. The Morgan fingerprint density at radius 2 is 1.65 bits per heavy atom. The Labute approximate surface area is 130 Å². The van der Waals surface area contributed by atoms with Crippen molar-refractivity contribution in [1.29, 1.82) is 0 Å². The molecule has 9 nitrogen and oxygen atoms in total. The standard InChI is InChI=1S/C14H14N2O7/c1-22-11(17)7-10(14(21)23-2)15-8-4-3-5-9(6-8)16-12(18)13(19)20/h3-7,15H,1-2H3,(H,16,18)(H,19,20)/b10-7+. The number of carboxylic acids is 1. The molecule has 0 atom stereocenters. The van der Waals surface area contributed by atoms with Crippen LogP contribution in [0.5, 0.6) is 0 Å². The van der Waals surface area contributed by atoms with Crippen molar-refractivity contribution in [2.24, 2.45) is 0 Å². The molecule has 0 heterocycles. The van der Waals surface area contributed by atoms with E-state index < -0.39 is 23.8 Å². The fourth-order valence-electron chi connectivity index (χ4n) is 1.45. The number of ether oxygens (including phenoxy) is 2. The van der Waals surface area contributed by atoms with Gasteiger partial charge in [0.25, 0.3) is 0 Å². The van der Waals surface area contributed by atoms with Gasteiger partial charge in [-0.1, -0.05) is 6.07 Å². The first kappa shape index (κ1) is 17.7. The van der Waals surface area contributed by atoms with E-state index in [1.54, 1.807) is 0 Å². The molecule has 3 N–H and O–H groups in total. The predicted octanol–water partition coefficient (Wildman–Crippen LogP) is 0.351. The summed E-state index contributed by atoms with van der Waals surface area (Å²) < 4.78 is 8.96. The first-order chi connectivity index (χ1) is 10.9. The van der Waals surface area contributed by atoms with E-state index in [0.717, 1.165) is 20.3 Å². The quantitative estimate of drug-likeness (QED) is 0.402. The minimum Gasteiger partial charge on any atom is -0.474 e. The molecular weight excluding hydrogens is 308 g/mol. The molecule has 0 saturated carbocycles. The summed E-state index contributed by atoms with van der Waals surface area (Å²) in [5, 5.41) is 13.3. The van der Waals surface area contributed by atoms with Gasteiger partial charge < -0.3 is 25.2 Å². The maximum Gasteiger partial charge on any atom is 0.394 e. The molecule has 1 aromatic carbocycles. The number of nitrogens with one attached hydrogen (secondary N) is 2. The van der Waals surface area contributed by atoms with Crippen LogP contribution >= 0.6 is 0 Å². The molecule has 122 valence electrons. The van der Waals surface area contributed by atoms with Crippen LogP contribution < -0.4 is 10.6 Å². The summed E-state index contributed by atoms with van der Waals surface area (Å²) in [5.74, 6) is -4.42. The molecule has 0 aliphatic heterocycles. The lowest BCUT2D eigenvalue weighted by Crippen LogP contribution is -2.21.